The number of fused-ring (bicyclic) bond motifs is 2. The number of nitrogens with one attached hydrogen (secondary N) is 1. The molecule has 1 aliphatic rings. The fraction of sp³-hybridized carbons (Fsp3) is 0.192. The predicted molar refractivity (Wildman–Crippen MR) is 126 cm³/mol. The second kappa shape index (κ2) is 8.53. The Morgan fingerprint density at radius 2 is 1.50 bits per heavy atom. The first-order valence-corrected chi connectivity index (χ1v) is 12.1. The van der Waals surface area contributed by atoms with Crippen molar-refractivity contribution in [2.24, 2.45) is 0 Å². The van der Waals surface area contributed by atoms with Crippen molar-refractivity contribution in [2.45, 2.75) is 43.6 Å². The summed E-state index contributed by atoms with van der Waals surface area (Å²) in [5, 5.41) is 2.79. The van der Waals surface area contributed by atoms with Gasteiger partial charge in [-0.25, -0.2) is 13.2 Å². The second-order valence-electron chi connectivity index (χ2n) is 8.35. The van der Waals surface area contributed by atoms with E-state index in [1.165, 1.54) is 37.3 Å². The number of benzene rings is 3. The van der Waals surface area contributed by atoms with Crippen LogP contribution in [-0.2, 0) is 19.4 Å². The van der Waals surface area contributed by atoms with Gasteiger partial charge in [0.1, 0.15) is 0 Å². The molecule has 0 saturated carbocycles. The van der Waals surface area contributed by atoms with Gasteiger partial charge < -0.3 is 10.1 Å². The molecule has 0 spiro atoms. The van der Waals surface area contributed by atoms with E-state index in [0.717, 1.165) is 22.8 Å². The van der Waals surface area contributed by atoms with E-state index in [1.807, 2.05) is 32.9 Å². The summed E-state index contributed by atoms with van der Waals surface area (Å²) in [7, 11) is -4.00. The third kappa shape index (κ3) is 4.01. The summed E-state index contributed by atoms with van der Waals surface area (Å²) in [6, 6.07) is 13.6. The van der Waals surface area contributed by atoms with Crippen molar-refractivity contribution >= 4 is 33.2 Å². The quantitative estimate of drug-likeness (QED) is 0.442. The fourth-order valence-corrected chi connectivity index (χ4v) is 5.77. The zero-order valence-corrected chi connectivity index (χ0v) is 19.9. The maximum absolute atomic E-state index is 13.1. The number of hydrogen-bond donors (Lipinski definition) is 1. The summed E-state index contributed by atoms with van der Waals surface area (Å²) in [4.78, 5) is 37.8. The van der Waals surface area contributed by atoms with E-state index in [0.29, 0.717) is 5.69 Å². The van der Waals surface area contributed by atoms with Crippen molar-refractivity contribution in [1.29, 1.82) is 0 Å². The van der Waals surface area contributed by atoms with Gasteiger partial charge in [0.15, 0.2) is 11.9 Å². The van der Waals surface area contributed by atoms with Crippen LogP contribution >= 0.6 is 0 Å². The zero-order chi connectivity index (χ0) is 24.8. The van der Waals surface area contributed by atoms with Crippen molar-refractivity contribution in [3.05, 3.63) is 88.0 Å². The summed E-state index contributed by atoms with van der Waals surface area (Å²) in [5.74, 6) is -1.82. The lowest BCUT2D eigenvalue weighted by Crippen LogP contribution is -2.30. The Labute approximate surface area is 197 Å². The number of carbonyl (C=O) groups excluding carboxylic acids is 3. The van der Waals surface area contributed by atoms with Gasteiger partial charge in [0.25, 0.3) is 5.91 Å². The molecule has 1 atom stereocenters. The number of ketones is 1. The summed E-state index contributed by atoms with van der Waals surface area (Å²) in [6.07, 6.45) is -1.14. The molecule has 3 aromatic rings. The van der Waals surface area contributed by atoms with E-state index in [-0.39, 0.29) is 26.5 Å². The minimum atomic E-state index is -4.00. The molecule has 1 aliphatic heterocycles. The van der Waals surface area contributed by atoms with Gasteiger partial charge >= 0.3 is 5.97 Å². The van der Waals surface area contributed by atoms with Gasteiger partial charge in [0, 0.05) is 16.8 Å². The monoisotopic (exact) mass is 477 g/mol. The molecule has 34 heavy (non-hydrogen) atoms. The first kappa shape index (κ1) is 23.4. The van der Waals surface area contributed by atoms with Gasteiger partial charge in [0.05, 0.1) is 15.4 Å². The molecule has 0 radical (unpaired) electrons. The van der Waals surface area contributed by atoms with Crippen LogP contribution in [0.15, 0.2) is 64.4 Å². The molecule has 3 aromatic carbocycles. The molecular formula is C26H23NO6S. The summed E-state index contributed by atoms with van der Waals surface area (Å²) < 4.78 is 31.4. The van der Waals surface area contributed by atoms with Crippen molar-refractivity contribution in [3.8, 4) is 0 Å². The van der Waals surface area contributed by atoms with Crippen LogP contribution in [0.3, 0.4) is 0 Å². The van der Waals surface area contributed by atoms with Gasteiger partial charge in [-0.2, -0.15) is 0 Å². The molecule has 4 rings (SSSR count). The Morgan fingerprint density at radius 1 is 0.882 bits per heavy atom. The number of ether oxygens (including phenoxy) is 1. The highest BCUT2D eigenvalue weighted by molar-refractivity contribution is 7.91. The standard InChI is InChI=1S/C26H23NO6S/c1-14-11-15(2)23(16(3)12-14)27-25(29)17(4)33-26(30)18-9-10-20-22(13-18)34(31,32)21-8-6-5-7-19(21)24(20)28/h5-13,17H,1-4H3,(H,27,29). The van der Waals surface area contributed by atoms with E-state index >= 15 is 0 Å². The van der Waals surface area contributed by atoms with Crippen LogP contribution in [0.25, 0.3) is 0 Å². The van der Waals surface area contributed by atoms with E-state index in [4.69, 9.17) is 4.74 Å². The number of sulfone groups is 1. The minimum absolute atomic E-state index is 0.00800. The van der Waals surface area contributed by atoms with E-state index in [1.54, 1.807) is 6.07 Å². The number of rotatable bonds is 4. The van der Waals surface area contributed by atoms with Gasteiger partial charge in [-0.3, -0.25) is 9.59 Å². The normalized spacial score (nSPS) is 14.5. The Morgan fingerprint density at radius 3 is 2.18 bits per heavy atom. The molecule has 174 valence electrons. The Bertz CT molecular complexity index is 1450. The number of carbonyl (C=O) groups is 3. The van der Waals surface area contributed by atoms with Crippen LogP contribution in [0, 0.1) is 20.8 Å². The maximum Gasteiger partial charge on any atom is 0.338 e. The molecular weight excluding hydrogens is 454 g/mol. The van der Waals surface area contributed by atoms with Crippen LogP contribution in [0.4, 0.5) is 5.69 Å². The molecule has 0 aliphatic carbocycles. The number of esters is 1. The lowest BCUT2D eigenvalue weighted by atomic mass is 10.0. The molecule has 0 fully saturated rings. The molecule has 1 amide bonds. The van der Waals surface area contributed by atoms with Gasteiger partial charge in [-0.15, -0.1) is 0 Å². The van der Waals surface area contributed by atoms with E-state index < -0.39 is 33.6 Å². The van der Waals surface area contributed by atoms with Gasteiger partial charge in [-0.05, 0) is 69.2 Å². The topological polar surface area (TPSA) is 107 Å². The number of amides is 1. The van der Waals surface area contributed by atoms with E-state index in [9.17, 15) is 22.8 Å². The second-order valence-corrected chi connectivity index (χ2v) is 10.2. The van der Waals surface area contributed by atoms with Gasteiger partial charge in [0.2, 0.25) is 9.84 Å². The third-order valence-electron chi connectivity index (χ3n) is 5.75. The number of aryl methyl sites for hydroxylation is 3. The average molecular weight is 478 g/mol. The van der Waals surface area contributed by atoms with Crippen LogP contribution in [-0.4, -0.2) is 32.2 Å². The third-order valence-corrected chi connectivity index (χ3v) is 7.60. The fourth-order valence-electron chi connectivity index (χ4n) is 4.10. The minimum Gasteiger partial charge on any atom is -0.449 e. The van der Waals surface area contributed by atoms with Crippen molar-refractivity contribution in [3.63, 3.8) is 0 Å². The summed E-state index contributed by atoms with van der Waals surface area (Å²) in [5.41, 5.74) is 3.50. The lowest BCUT2D eigenvalue weighted by Gasteiger charge is -2.20. The number of hydrogen-bond acceptors (Lipinski definition) is 6. The van der Waals surface area contributed by atoms with E-state index in [2.05, 4.69) is 5.32 Å². The summed E-state index contributed by atoms with van der Waals surface area (Å²) in [6.45, 7) is 7.14. The first-order valence-electron chi connectivity index (χ1n) is 10.6. The highest BCUT2D eigenvalue weighted by Gasteiger charge is 2.35. The van der Waals surface area contributed by atoms with Crippen molar-refractivity contribution < 1.29 is 27.5 Å². The van der Waals surface area contributed by atoms with Crippen LogP contribution in [0.2, 0.25) is 0 Å². The van der Waals surface area contributed by atoms with Crippen molar-refractivity contribution in [2.75, 3.05) is 5.32 Å². The predicted octanol–water partition coefficient (Wildman–Crippen LogP) is 4.17. The highest BCUT2D eigenvalue weighted by atomic mass is 32.2. The molecule has 1 heterocycles. The Kier molecular flexibility index (Phi) is 5.87. The molecule has 0 bridgehead atoms. The zero-order valence-electron chi connectivity index (χ0n) is 19.1. The van der Waals surface area contributed by atoms with Gasteiger partial charge in [-0.1, -0.05) is 29.8 Å². The maximum atomic E-state index is 13.1. The molecule has 7 nitrogen and oxygen atoms in total. The van der Waals surface area contributed by atoms with Crippen molar-refractivity contribution in [1.82, 2.24) is 0 Å². The first-order chi connectivity index (χ1) is 16.0. The molecule has 1 N–H and O–H groups in total. The van der Waals surface area contributed by atoms with Crippen LogP contribution in [0.1, 0.15) is 49.9 Å². The average Bonchev–Trinajstić information content (AvgIpc) is 2.79. The highest BCUT2D eigenvalue weighted by Crippen LogP contribution is 2.35. The SMILES string of the molecule is Cc1cc(C)c(NC(=O)C(C)OC(=O)c2ccc3c(c2)S(=O)(=O)c2ccccc2C3=O)c(C)c1. The Hall–Kier alpha value is -3.78. The summed E-state index contributed by atoms with van der Waals surface area (Å²) >= 11 is 0. The smallest absolute Gasteiger partial charge is 0.338 e. The molecule has 1 unspecified atom stereocenters. The Balaban J connectivity index is 1.56. The lowest BCUT2D eigenvalue weighted by molar-refractivity contribution is -0.123. The number of anilines is 1. The van der Waals surface area contributed by atoms with Crippen LogP contribution in [0.5, 0.6) is 0 Å². The van der Waals surface area contributed by atoms with Crippen LogP contribution < -0.4 is 5.32 Å². The largest absolute Gasteiger partial charge is 0.449 e. The molecule has 8 heteroatoms. The molecule has 0 saturated heterocycles. The molecule has 0 aromatic heterocycles.